The summed E-state index contributed by atoms with van der Waals surface area (Å²) in [4.78, 5) is 29.9. The van der Waals surface area contributed by atoms with Gasteiger partial charge >= 0.3 is 0 Å². The molecule has 0 aromatic heterocycles. The molecule has 1 heterocycles. The van der Waals surface area contributed by atoms with Crippen LogP contribution in [0.2, 0.25) is 0 Å². The van der Waals surface area contributed by atoms with Gasteiger partial charge in [0.2, 0.25) is 5.91 Å². The second-order valence-corrected chi connectivity index (χ2v) is 8.65. The highest BCUT2D eigenvalue weighted by molar-refractivity contribution is 6.04. The van der Waals surface area contributed by atoms with Crippen molar-refractivity contribution in [3.8, 4) is 0 Å². The van der Waals surface area contributed by atoms with Crippen molar-refractivity contribution in [3.63, 3.8) is 0 Å². The molecule has 4 rings (SSSR count). The van der Waals surface area contributed by atoms with Crippen LogP contribution >= 0.6 is 0 Å². The Balaban J connectivity index is 1.30. The molecule has 0 bridgehead atoms. The fourth-order valence-electron chi connectivity index (χ4n) is 4.51. The van der Waals surface area contributed by atoms with E-state index in [-0.39, 0.29) is 17.9 Å². The highest BCUT2D eigenvalue weighted by Gasteiger charge is 2.22. The second kappa shape index (κ2) is 9.96. The van der Waals surface area contributed by atoms with Crippen molar-refractivity contribution in [1.82, 2.24) is 10.2 Å². The standard InChI is InChI=1S/C25H32N4O2/c1-19-7-6-10-21(17-19)29-15-13-28(14-16-29)18-24(30)27-23-12-5-4-11-22(23)25(31)26-20-8-2-3-9-20/h4-7,10-12,17,20H,2-3,8-9,13-16,18H2,1H3,(H,26,31)(H,27,30). The van der Waals surface area contributed by atoms with Gasteiger partial charge in [0, 0.05) is 37.9 Å². The van der Waals surface area contributed by atoms with Crippen LogP contribution in [-0.2, 0) is 4.79 Å². The predicted molar refractivity (Wildman–Crippen MR) is 125 cm³/mol. The molecular weight excluding hydrogens is 388 g/mol. The van der Waals surface area contributed by atoms with Gasteiger partial charge in [-0.2, -0.15) is 0 Å². The molecule has 2 aromatic rings. The van der Waals surface area contributed by atoms with Crippen LogP contribution in [0.25, 0.3) is 0 Å². The lowest BCUT2D eigenvalue weighted by Crippen LogP contribution is -2.48. The largest absolute Gasteiger partial charge is 0.369 e. The summed E-state index contributed by atoms with van der Waals surface area (Å²) in [6, 6.07) is 16.1. The fourth-order valence-corrected chi connectivity index (χ4v) is 4.51. The number of rotatable bonds is 6. The van der Waals surface area contributed by atoms with Gasteiger partial charge < -0.3 is 15.5 Å². The van der Waals surface area contributed by atoms with Gasteiger partial charge in [-0.05, 0) is 49.6 Å². The lowest BCUT2D eigenvalue weighted by molar-refractivity contribution is -0.117. The maximum absolute atomic E-state index is 12.7. The Morgan fingerprint density at radius 2 is 1.71 bits per heavy atom. The van der Waals surface area contributed by atoms with Crippen LogP contribution in [0.3, 0.4) is 0 Å². The van der Waals surface area contributed by atoms with Gasteiger partial charge in [-0.15, -0.1) is 0 Å². The molecular formula is C25H32N4O2. The fraction of sp³-hybridized carbons (Fsp3) is 0.440. The van der Waals surface area contributed by atoms with Crippen LogP contribution in [0.4, 0.5) is 11.4 Å². The van der Waals surface area contributed by atoms with Gasteiger partial charge in [0.25, 0.3) is 5.91 Å². The average Bonchev–Trinajstić information content (AvgIpc) is 3.27. The van der Waals surface area contributed by atoms with Crippen LogP contribution < -0.4 is 15.5 Å². The minimum absolute atomic E-state index is 0.0786. The molecule has 1 aliphatic heterocycles. The molecule has 2 aliphatic rings. The summed E-state index contributed by atoms with van der Waals surface area (Å²) in [6.45, 7) is 5.92. The van der Waals surface area contributed by atoms with Gasteiger partial charge in [0.15, 0.2) is 0 Å². The zero-order valence-electron chi connectivity index (χ0n) is 18.3. The monoisotopic (exact) mass is 420 g/mol. The SMILES string of the molecule is Cc1cccc(N2CCN(CC(=O)Nc3ccccc3C(=O)NC3CCCC3)CC2)c1. The predicted octanol–water partition coefficient (Wildman–Crippen LogP) is 3.43. The lowest BCUT2D eigenvalue weighted by atomic mass is 10.1. The number of hydrogen-bond donors (Lipinski definition) is 2. The summed E-state index contributed by atoms with van der Waals surface area (Å²) in [6.07, 6.45) is 4.41. The molecule has 0 spiro atoms. The van der Waals surface area contributed by atoms with Crippen LogP contribution in [0.15, 0.2) is 48.5 Å². The van der Waals surface area contributed by atoms with Crippen LogP contribution in [-0.4, -0.2) is 55.5 Å². The van der Waals surface area contributed by atoms with Gasteiger partial charge in [0.05, 0.1) is 17.8 Å². The molecule has 0 unspecified atom stereocenters. The molecule has 2 amide bonds. The van der Waals surface area contributed by atoms with E-state index < -0.39 is 0 Å². The number of carbonyl (C=O) groups excluding carboxylic acids is 2. The highest BCUT2D eigenvalue weighted by atomic mass is 16.2. The first kappa shape index (κ1) is 21.4. The number of hydrogen-bond acceptors (Lipinski definition) is 4. The first-order valence-corrected chi connectivity index (χ1v) is 11.3. The zero-order valence-corrected chi connectivity index (χ0v) is 18.3. The lowest BCUT2D eigenvalue weighted by Gasteiger charge is -2.35. The molecule has 31 heavy (non-hydrogen) atoms. The van der Waals surface area contributed by atoms with Crippen molar-refractivity contribution in [2.24, 2.45) is 0 Å². The second-order valence-electron chi connectivity index (χ2n) is 8.65. The van der Waals surface area contributed by atoms with E-state index in [1.807, 2.05) is 12.1 Å². The zero-order chi connectivity index (χ0) is 21.6. The van der Waals surface area contributed by atoms with E-state index in [0.717, 1.165) is 39.0 Å². The van der Waals surface area contributed by atoms with Crippen molar-refractivity contribution in [1.29, 1.82) is 0 Å². The average molecular weight is 421 g/mol. The van der Waals surface area contributed by atoms with E-state index in [1.54, 1.807) is 12.1 Å². The molecule has 2 N–H and O–H groups in total. The maximum atomic E-state index is 12.7. The third-order valence-electron chi connectivity index (χ3n) is 6.24. The topological polar surface area (TPSA) is 64.7 Å². The van der Waals surface area contributed by atoms with Crippen LogP contribution in [0.5, 0.6) is 0 Å². The Labute approximate surface area is 184 Å². The van der Waals surface area contributed by atoms with Gasteiger partial charge in [-0.25, -0.2) is 0 Å². The Hall–Kier alpha value is -2.86. The molecule has 1 aliphatic carbocycles. The van der Waals surface area contributed by atoms with Crippen molar-refractivity contribution in [2.45, 2.75) is 38.6 Å². The Morgan fingerprint density at radius 1 is 0.968 bits per heavy atom. The third kappa shape index (κ3) is 5.64. The summed E-state index contributed by atoms with van der Waals surface area (Å²) in [5, 5.41) is 6.07. The van der Waals surface area contributed by atoms with E-state index in [0.29, 0.717) is 17.8 Å². The quantitative estimate of drug-likeness (QED) is 0.752. The number of aryl methyl sites for hydroxylation is 1. The Bertz CT molecular complexity index is 915. The molecule has 1 saturated heterocycles. The number of para-hydroxylation sites is 1. The highest BCUT2D eigenvalue weighted by Crippen LogP contribution is 2.21. The molecule has 1 saturated carbocycles. The number of amides is 2. The van der Waals surface area contributed by atoms with E-state index >= 15 is 0 Å². The number of nitrogens with zero attached hydrogens (tertiary/aromatic N) is 2. The number of anilines is 2. The first-order valence-electron chi connectivity index (χ1n) is 11.3. The van der Waals surface area contributed by atoms with Gasteiger partial charge in [0.1, 0.15) is 0 Å². The normalized spacial score (nSPS) is 17.5. The van der Waals surface area contributed by atoms with Gasteiger partial charge in [-0.3, -0.25) is 14.5 Å². The van der Waals surface area contributed by atoms with Crippen molar-refractivity contribution in [2.75, 3.05) is 42.9 Å². The molecule has 0 radical (unpaired) electrons. The molecule has 2 fully saturated rings. The van der Waals surface area contributed by atoms with E-state index in [4.69, 9.17) is 0 Å². The molecule has 6 nitrogen and oxygen atoms in total. The van der Waals surface area contributed by atoms with E-state index in [9.17, 15) is 9.59 Å². The smallest absolute Gasteiger partial charge is 0.253 e. The summed E-state index contributed by atoms with van der Waals surface area (Å²) < 4.78 is 0. The van der Waals surface area contributed by atoms with Crippen molar-refractivity contribution < 1.29 is 9.59 Å². The van der Waals surface area contributed by atoms with E-state index in [2.05, 4.69) is 51.6 Å². The summed E-state index contributed by atoms with van der Waals surface area (Å²) in [5.74, 6) is -0.181. The molecule has 164 valence electrons. The van der Waals surface area contributed by atoms with E-state index in [1.165, 1.54) is 24.1 Å². The van der Waals surface area contributed by atoms with Crippen molar-refractivity contribution >= 4 is 23.2 Å². The molecule has 0 atom stereocenters. The number of piperazine rings is 1. The van der Waals surface area contributed by atoms with Crippen LogP contribution in [0, 0.1) is 6.92 Å². The summed E-state index contributed by atoms with van der Waals surface area (Å²) in [5.41, 5.74) is 3.62. The summed E-state index contributed by atoms with van der Waals surface area (Å²) >= 11 is 0. The Morgan fingerprint density at radius 3 is 2.45 bits per heavy atom. The Kier molecular flexibility index (Phi) is 6.87. The maximum Gasteiger partial charge on any atom is 0.253 e. The third-order valence-corrected chi connectivity index (χ3v) is 6.24. The first-order chi connectivity index (χ1) is 15.1. The summed E-state index contributed by atoms with van der Waals surface area (Å²) in [7, 11) is 0. The van der Waals surface area contributed by atoms with Gasteiger partial charge in [-0.1, -0.05) is 37.1 Å². The van der Waals surface area contributed by atoms with Crippen LogP contribution in [0.1, 0.15) is 41.6 Å². The number of nitrogens with one attached hydrogen (secondary N) is 2. The number of benzene rings is 2. The molecule has 6 heteroatoms. The minimum atomic E-state index is -0.102. The molecule has 2 aromatic carbocycles. The number of carbonyl (C=O) groups is 2. The van der Waals surface area contributed by atoms with Crippen molar-refractivity contribution in [3.05, 3.63) is 59.7 Å². The minimum Gasteiger partial charge on any atom is -0.369 e.